The molecule has 0 bridgehead atoms. The fraction of sp³-hybridized carbons (Fsp3) is 0.517. The maximum Gasteiger partial charge on any atom is 0.292 e. The second-order valence-electron chi connectivity index (χ2n) is 11.1. The zero-order chi connectivity index (χ0) is 24.3. The van der Waals surface area contributed by atoms with Crippen molar-refractivity contribution in [2.24, 2.45) is 11.3 Å². The lowest BCUT2D eigenvalue weighted by molar-refractivity contribution is -0.139. The van der Waals surface area contributed by atoms with Crippen LogP contribution in [-0.4, -0.2) is 42.8 Å². The number of nitrogens with zero attached hydrogens (tertiary/aromatic N) is 2. The number of amides is 1. The average Bonchev–Trinajstić information content (AvgIpc) is 2.84. The highest BCUT2D eigenvalue weighted by Gasteiger charge is 2.42. The molecule has 1 saturated heterocycles. The lowest BCUT2D eigenvalue weighted by atomic mass is 9.71. The van der Waals surface area contributed by atoms with E-state index < -0.39 is 17.1 Å². The van der Waals surface area contributed by atoms with Crippen molar-refractivity contribution in [1.82, 2.24) is 4.90 Å². The molecule has 1 amide bonds. The predicted molar refractivity (Wildman–Crippen MR) is 139 cm³/mol. The van der Waals surface area contributed by atoms with Crippen LogP contribution in [0.1, 0.15) is 58.9 Å². The molecule has 1 heterocycles. The van der Waals surface area contributed by atoms with Gasteiger partial charge in [0.25, 0.3) is 5.91 Å². The number of Topliss-reactive ketones (excluding diaryl/α,β-unsaturated/α-hetero) is 1. The summed E-state index contributed by atoms with van der Waals surface area (Å²) in [5.74, 6) is -0.186. The van der Waals surface area contributed by atoms with Crippen LogP contribution < -0.4 is 10.2 Å². The molecule has 2 aromatic rings. The van der Waals surface area contributed by atoms with Crippen LogP contribution in [0.2, 0.25) is 0 Å². The van der Waals surface area contributed by atoms with Gasteiger partial charge in [0.2, 0.25) is 5.78 Å². The second kappa shape index (κ2) is 9.91. The van der Waals surface area contributed by atoms with Crippen LogP contribution in [0.15, 0.2) is 54.6 Å². The number of hydrogen-bond acceptors (Lipinski definition) is 4. The summed E-state index contributed by atoms with van der Waals surface area (Å²) in [6.45, 7) is 11.7. The van der Waals surface area contributed by atoms with Gasteiger partial charge in [-0.25, -0.2) is 0 Å². The number of carbonyl (C=O) groups excluding carboxylic acids is 2. The highest BCUT2D eigenvalue weighted by molar-refractivity contribution is 6.42. The summed E-state index contributed by atoms with van der Waals surface area (Å²) in [5, 5.41) is 2.87. The Morgan fingerprint density at radius 2 is 1.56 bits per heavy atom. The number of rotatable bonds is 5. The third-order valence-corrected chi connectivity index (χ3v) is 7.65. The summed E-state index contributed by atoms with van der Waals surface area (Å²) in [5.41, 5.74) is 2.54. The van der Waals surface area contributed by atoms with Crippen molar-refractivity contribution in [2.45, 2.75) is 58.9 Å². The van der Waals surface area contributed by atoms with Gasteiger partial charge < -0.3 is 10.2 Å². The molecule has 2 aromatic carbocycles. The smallest absolute Gasteiger partial charge is 0.292 e. The van der Waals surface area contributed by atoms with Crippen LogP contribution in [-0.2, 0) is 15.1 Å². The van der Waals surface area contributed by atoms with E-state index in [4.69, 9.17) is 0 Å². The van der Waals surface area contributed by atoms with E-state index in [-0.39, 0.29) is 5.54 Å². The number of para-hydroxylation sites is 1. The van der Waals surface area contributed by atoms with E-state index in [0.717, 1.165) is 44.9 Å². The van der Waals surface area contributed by atoms with Gasteiger partial charge in [0.05, 0.1) is 0 Å². The molecule has 0 spiro atoms. The topological polar surface area (TPSA) is 52.7 Å². The molecule has 2 fully saturated rings. The molecule has 5 nitrogen and oxygen atoms in total. The number of anilines is 2. The lowest BCUT2D eigenvalue weighted by Crippen LogP contribution is -2.56. The summed E-state index contributed by atoms with van der Waals surface area (Å²) in [4.78, 5) is 30.1. The number of benzene rings is 2. The van der Waals surface area contributed by atoms with Crippen LogP contribution in [0.3, 0.4) is 0 Å². The Kier molecular flexibility index (Phi) is 7.13. The van der Waals surface area contributed by atoms with Crippen LogP contribution in [0, 0.1) is 11.3 Å². The van der Waals surface area contributed by atoms with Crippen LogP contribution in [0.25, 0.3) is 0 Å². The van der Waals surface area contributed by atoms with Crippen molar-refractivity contribution in [3.8, 4) is 0 Å². The van der Waals surface area contributed by atoms with Gasteiger partial charge >= 0.3 is 0 Å². The molecule has 1 aliphatic carbocycles. The summed E-state index contributed by atoms with van der Waals surface area (Å²) in [6, 6.07) is 18.9. The van der Waals surface area contributed by atoms with E-state index in [0.29, 0.717) is 5.69 Å². The van der Waals surface area contributed by atoms with E-state index in [9.17, 15) is 9.59 Å². The molecule has 0 aromatic heterocycles. The molecule has 1 aliphatic heterocycles. The Hall–Kier alpha value is -2.66. The molecule has 4 rings (SSSR count). The molecule has 182 valence electrons. The van der Waals surface area contributed by atoms with Gasteiger partial charge in [0.1, 0.15) is 0 Å². The Morgan fingerprint density at radius 3 is 2.18 bits per heavy atom. The first-order valence-electron chi connectivity index (χ1n) is 12.7. The minimum absolute atomic E-state index is 0.0237. The number of piperazine rings is 1. The van der Waals surface area contributed by atoms with Gasteiger partial charge in [0.15, 0.2) is 0 Å². The molecule has 34 heavy (non-hydrogen) atoms. The van der Waals surface area contributed by atoms with Crippen molar-refractivity contribution < 1.29 is 9.59 Å². The van der Waals surface area contributed by atoms with E-state index in [1.165, 1.54) is 24.1 Å². The molecule has 2 aliphatic rings. The number of carbonyl (C=O) groups is 2. The Labute approximate surface area is 204 Å². The molecule has 1 saturated carbocycles. The van der Waals surface area contributed by atoms with Crippen molar-refractivity contribution in [3.05, 3.63) is 60.2 Å². The molecule has 0 unspecified atom stereocenters. The summed E-state index contributed by atoms with van der Waals surface area (Å²) >= 11 is 0. The molecule has 1 N–H and O–H groups in total. The van der Waals surface area contributed by atoms with Gasteiger partial charge in [-0.15, -0.1) is 0 Å². The van der Waals surface area contributed by atoms with Crippen molar-refractivity contribution >= 4 is 23.1 Å². The Morgan fingerprint density at radius 1 is 0.912 bits per heavy atom. The summed E-state index contributed by atoms with van der Waals surface area (Å²) in [6.07, 6.45) is 4.66. The van der Waals surface area contributed by atoms with Gasteiger partial charge in [-0.2, -0.15) is 0 Å². The highest BCUT2D eigenvalue weighted by Crippen LogP contribution is 2.45. The lowest BCUT2D eigenvalue weighted by Gasteiger charge is -2.51. The standard InChI is InChI=1S/C29H39N3O2/c1-22-13-15-29(16-14-22,32-19-17-31(18-20-32)25-11-6-5-7-12-25)23-9-8-10-24(21-23)30-27(34)26(33)28(2,3)4/h5-12,21-22H,13-20H2,1-4H3,(H,30,34). The fourth-order valence-electron chi connectivity index (χ4n) is 5.47. The third-order valence-electron chi connectivity index (χ3n) is 7.65. The van der Waals surface area contributed by atoms with Gasteiger partial charge in [0, 0.05) is 48.5 Å². The highest BCUT2D eigenvalue weighted by atomic mass is 16.2. The van der Waals surface area contributed by atoms with E-state index in [1.807, 2.05) is 12.1 Å². The number of ketones is 1. The minimum Gasteiger partial charge on any atom is -0.369 e. The molecule has 0 atom stereocenters. The van der Waals surface area contributed by atoms with Gasteiger partial charge in [-0.1, -0.05) is 58.0 Å². The number of hydrogen-bond donors (Lipinski definition) is 1. The molecule has 5 heteroatoms. The summed E-state index contributed by atoms with van der Waals surface area (Å²) < 4.78 is 0. The van der Waals surface area contributed by atoms with E-state index in [1.54, 1.807) is 20.8 Å². The first-order chi connectivity index (χ1) is 16.2. The van der Waals surface area contributed by atoms with E-state index in [2.05, 4.69) is 64.5 Å². The monoisotopic (exact) mass is 461 g/mol. The average molecular weight is 462 g/mol. The van der Waals surface area contributed by atoms with Crippen molar-refractivity contribution in [1.29, 1.82) is 0 Å². The zero-order valence-electron chi connectivity index (χ0n) is 21.1. The van der Waals surface area contributed by atoms with Crippen LogP contribution in [0.5, 0.6) is 0 Å². The zero-order valence-corrected chi connectivity index (χ0v) is 21.1. The van der Waals surface area contributed by atoms with Gasteiger partial charge in [-0.3, -0.25) is 14.5 Å². The fourth-order valence-corrected chi connectivity index (χ4v) is 5.47. The van der Waals surface area contributed by atoms with Crippen LogP contribution >= 0.6 is 0 Å². The van der Waals surface area contributed by atoms with Crippen LogP contribution in [0.4, 0.5) is 11.4 Å². The number of nitrogens with one attached hydrogen (secondary N) is 1. The minimum atomic E-state index is -0.694. The maximum absolute atomic E-state index is 12.6. The van der Waals surface area contributed by atoms with Gasteiger partial charge in [-0.05, 0) is 61.4 Å². The summed E-state index contributed by atoms with van der Waals surface area (Å²) in [7, 11) is 0. The maximum atomic E-state index is 12.6. The SMILES string of the molecule is CC1CCC(c2cccc(NC(=O)C(=O)C(C)(C)C)c2)(N2CCN(c3ccccc3)CC2)CC1. The molecular weight excluding hydrogens is 422 g/mol. The Balaban J connectivity index is 1.55. The first kappa shape index (κ1) is 24.5. The second-order valence-corrected chi connectivity index (χ2v) is 11.1. The third kappa shape index (κ3) is 5.20. The van der Waals surface area contributed by atoms with Crippen molar-refractivity contribution in [2.75, 3.05) is 36.4 Å². The largest absolute Gasteiger partial charge is 0.369 e. The quantitative estimate of drug-likeness (QED) is 0.600. The van der Waals surface area contributed by atoms with Crippen molar-refractivity contribution in [3.63, 3.8) is 0 Å². The predicted octanol–water partition coefficient (Wildman–Crippen LogP) is 5.47. The first-order valence-corrected chi connectivity index (χ1v) is 12.7. The Bertz CT molecular complexity index is 996. The normalized spacial score (nSPS) is 24.0. The van der Waals surface area contributed by atoms with E-state index >= 15 is 0 Å². The molecular formula is C29H39N3O2. The molecule has 0 radical (unpaired) electrons.